The van der Waals surface area contributed by atoms with Crippen molar-refractivity contribution in [1.82, 2.24) is 9.78 Å². The largest absolute Gasteiger partial charge is 0.298 e. The van der Waals surface area contributed by atoms with Crippen LogP contribution in [0, 0.1) is 0 Å². The monoisotopic (exact) mass is 270 g/mol. The summed E-state index contributed by atoms with van der Waals surface area (Å²) in [5.41, 5.74) is 2.17. The van der Waals surface area contributed by atoms with E-state index < -0.39 is 0 Å². The Morgan fingerprint density at radius 2 is 1.79 bits per heavy atom. The van der Waals surface area contributed by atoms with Gasteiger partial charge in [-0.25, -0.2) is 4.68 Å². The van der Waals surface area contributed by atoms with Crippen molar-refractivity contribution < 1.29 is 0 Å². The van der Waals surface area contributed by atoms with Crippen LogP contribution in [0.25, 0.3) is 16.8 Å². The molecule has 0 saturated heterocycles. The zero-order valence-corrected chi connectivity index (χ0v) is 10.8. The fraction of sp³-hybridized carbons (Fsp3) is 0. The third-order valence-corrected chi connectivity index (χ3v) is 3.16. The van der Waals surface area contributed by atoms with Crippen LogP contribution in [0.5, 0.6) is 0 Å². The van der Waals surface area contributed by atoms with Crippen molar-refractivity contribution in [3.8, 4) is 16.8 Å². The number of hydrogen-bond acceptors (Lipinski definition) is 1. The molecule has 3 rings (SSSR count). The number of nitrogens with zero attached hydrogens (tertiary/aromatic N) is 1. The van der Waals surface area contributed by atoms with Gasteiger partial charge in [0.15, 0.2) is 0 Å². The molecule has 4 heteroatoms. The maximum absolute atomic E-state index is 12.4. The lowest BCUT2D eigenvalue weighted by Gasteiger charge is -2.01. The van der Waals surface area contributed by atoms with Crippen molar-refractivity contribution in [2.75, 3.05) is 0 Å². The van der Waals surface area contributed by atoms with Crippen molar-refractivity contribution in [1.29, 1.82) is 0 Å². The summed E-state index contributed by atoms with van der Waals surface area (Å²) in [4.78, 5) is 12.4. The minimum absolute atomic E-state index is 0.0894. The summed E-state index contributed by atoms with van der Waals surface area (Å²) in [7, 11) is 0. The van der Waals surface area contributed by atoms with Gasteiger partial charge < -0.3 is 0 Å². The van der Waals surface area contributed by atoms with Crippen molar-refractivity contribution >= 4 is 11.6 Å². The highest BCUT2D eigenvalue weighted by molar-refractivity contribution is 6.30. The molecule has 0 aliphatic rings. The van der Waals surface area contributed by atoms with Gasteiger partial charge in [0, 0.05) is 11.2 Å². The van der Waals surface area contributed by atoms with E-state index in [1.54, 1.807) is 18.3 Å². The van der Waals surface area contributed by atoms with Crippen LogP contribution < -0.4 is 5.56 Å². The van der Waals surface area contributed by atoms with E-state index in [1.807, 2.05) is 42.5 Å². The van der Waals surface area contributed by atoms with Crippen LogP contribution in [0.15, 0.2) is 65.6 Å². The molecule has 0 aliphatic carbocycles. The van der Waals surface area contributed by atoms with E-state index in [9.17, 15) is 4.79 Å². The second-order valence-corrected chi connectivity index (χ2v) is 4.61. The summed E-state index contributed by atoms with van der Waals surface area (Å²) in [6.07, 6.45) is 1.71. The molecular formula is C15H11ClN2O. The molecule has 0 radical (unpaired) electrons. The Hall–Kier alpha value is -2.26. The molecule has 0 aliphatic heterocycles. The number of nitrogens with one attached hydrogen (secondary N) is 1. The third-order valence-electron chi connectivity index (χ3n) is 2.92. The highest BCUT2D eigenvalue weighted by Gasteiger charge is 2.09. The van der Waals surface area contributed by atoms with Crippen LogP contribution in [0.3, 0.4) is 0 Å². The SMILES string of the molecule is O=c1c(-c2ccccc2)c[nH]n1-c1cccc(Cl)c1. The van der Waals surface area contributed by atoms with Crippen LogP contribution in [-0.4, -0.2) is 9.78 Å². The number of halogens is 1. The first-order chi connectivity index (χ1) is 9.25. The van der Waals surface area contributed by atoms with Crippen LogP contribution >= 0.6 is 11.6 Å². The van der Waals surface area contributed by atoms with E-state index in [0.29, 0.717) is 10.6 Å². The lowest BCUT2D eigenvalue weighted by atomic mass is 10.1. The molecule has 94 valence electrons. The minimum atomic E-state index is -0.0894. The zero-order chi connectivity index (χ0) is 13.2. The van der Waals surface area contributed by atoms with E-state index in [2.05, 4.69) is 5.10 Å². The maximum Gasteiger partial charge on any atom is 0.279 e. The molecule has 0 unspecified atom stereocenters. The molecular weight excluding hydrogens is 260 g/mol. The first-order valence-electron chi connectivity index (χ1n) is 5.87. The molecule has 0 fully saturated rings. The van der Waals surface area contributed by atoms with Gasteiger partial charge in [-0.3, -0.25) is 9.89 Å². The summed E-state index contributed by atoms with van der Waals surface area (Å²) in [5.74, 6) is 0. The predicted molar refractivity (Wildman–Crippen MR) is 76.8 cm³/mol. The van der Waals surface area contributed by atoms with Crippen molar-refractivity contribution in [2.45, 2.75) is 0 Å². The molecule has 19 heavy (non-hydrogen) atoms. The quantitative estimate of drug-likeness (QED) is 0.760. The van der Waals surface area contributed by atoms with Crippen molar-refractivity contribution in [3.63, 3.8) is 0 Å². The Bertz CT molecular complexity index is 759. The fourth-order valence-electron chi connectivity index (χ4n) is 2.00. The van der Waals surface area contributed by atoms with Crippen LogP contribution in [-0.2, 0) is 0 Å². The lowest BCUT2D eigenvalue weighted by molar-refractivity contribution is 0.850. The number of rotatable bonds is 2. The Labute approximate surface area is 115 Å². The first-order valence-corrected chi connectivity index (χ1v) is 6.25. The number of aromatic amines is 1. The maximum atomic E-state index is 12.4. The summed E-state index contributed by atoms with van der Waals surface area (Å²) < 4.78 is 1.48. The van der Waals surface area contributed by atoms with E-state index in [0.717, 1.165) is 11.3 Å². The van der Waals surface area contributed by atoms with Gasteiger partial charge in [0.05, 0.1) is 11.3 Å². The predicted octanol–water partition coefficient (Wildman–Crippen LogP) is 3.49. The molecule has 0 saturated carbocycles. The molecule has 3 nitrogen and oxygen atoms in total. The van der Waals surface area contributed by atoms with Crippen molar-refractivity contribution in [3.05, 3.63) is 76.2 Å². The Morgan fingerprint density at radius 3 is 2.53 bits per heavy atom. The molecule has 1 heterocycles. The van der Waals surface area contributed by atoms with Gasteiger partial charge in [0.2, 0.25) is 0 Å². The number of H-pyrrole nitrogens is 1. The summed E-state index contributed by atoms with van der Waals surface area (Å²) in [6.45, 7) is 0. The number of hydrogen-bond donors (Lipinski definition) is 1. The molecule has 2 aromatic carbocycles. The Balaban J connectivity index is 2.12. The standard InChI is InChI=1S/C15H11ClN2O/c16-12-7-4-8-13(9-12)18-15(19)14(10-17-18)11-5-2-1-3-6-11/h1-10,17H. The topological polar surface area (TPSA) is 37.8 Å². The highest BCUT2D eigenvalue weighted by Crippen LogP contribution is 2.16. The van der Waals surface area contributed by atoms with Gasteiger partial charge in [-0.05, 0) is 23.8 Å². The molecule has 0 bridgehead atoms. The van der Waals surface area contributed by atoms with E-state index >= 15 is 0 Å². The van der Waals surface area contributed by atoms with E-state index in [1.165, 1.54) is 4.68 Å². The van der Waals surface area contributed by atoms with Gasteiger partial charge in [0.25, 0.3) is 5.56 Å². The lowest BCUT2D eigenvalue weighted by Crippen LogP contribution is -2.15. The third kappa shape index (κ3) is 2.20. The molecule has 1 aromatic heterocycles. The van der Waals surface area contributed by atoms with Gasteiger partial charge in [-0.15, -0.1) is 0 Å². The van der Waals surface area contributed by atoms with Crippen LogP contribution in [0.2, 0.25) is 5.02 Å². The molecule has 1 N–H and O–H groups in total. The normalized spacial score (nSPS) is 10.6. The first kappa shape index (κ1) is 11.8. The smallest absolute Gasteiger partial charge is 0.279 e. The Kier molecular flexibility index (Phi) is 2.97. The average molecular weight is 271 g/mol. The van der Waals surface area contributed by atoms with Gasteiger partial charge in [-0.2, -0.15) is 0 Å². The molecule has 3 aromatic rings. The summed E-state index contributed by atoms with van der Waals surface area (Å²) in [5, 5.41) is 3.56. The summed E-state index contributed by atoms with van der Waals surface area (Å²) >= 11 is 5.94. The molecule has 0 atom stereocenters. The van der Waals surface area contributed by atoms with Crippen molar-refractivity contribution in [2.24, 2.45) is 0 Å². The Morgan fingerprint density at radius 1 is 1.00 bits per heavy atom. The fourth-order valence-corrected chi connectivity index (χ4v) is 2.19. The number of aromatic nitrogens is 2. The second-order valence-electron chi connectivity index (χ2n) is 4.17. The van der Waals surface area contributed by atoms with Crippen LogP contribution in [0.1, 0.15) is 0 Å². The molecule has 0 amide bonds. The highest BCUT2D eigenvalue weighted by atomic mass is 35.5. The van der Waals surface area contributed by atoms with Gasteiger partial charge in [0.1, 0.15) is 0 Å². The molecule has 0 spiro atoms. The van der Waals surface area contributed by atoms with E-state index in [-0.39, 0.29) is 5.56 Å². The number of benzene rings is 2. The average Bonchev–Trinajstić information content (AvgIpc) is 2.81. The van der Waals surface area contributed by atoms with Gasteiger partial charge in [-0.1, -0.05) is 48.0 Å². The minimum Gasteiger partial charge on any atom is -0.298 e. The second kappa shape index (κ2) is 4.78. The zero-order valence-electron chi connectivity index (χ0n) is 10.0. The van der Waals surface area contributed by atoms with Gasteiger partial charge >= 0.3 is 0 Å². The summed E-state index contributed by atoms with van der Waals surface area (Å²) in [6, 6.07) is 16.7. The van der Waals surface area contributed by atoms with E-state index in [4.69, 9.17) is 11.6 Å². The van der Waals surface area contributed by atoms with Crippen LogP contribution in [0.4, 0.5) is 0 Å².